The van der Waals surface area contributed by atoms with Crippen LogP contribution in [0.4, 0.5) is 5.69 Å². The molecule has 6 nitrogen and oxygen atoms in total. The molecule has 0 radical (unpaired) electrons. The summed E-state index contributed by atoms with van der Waals surface area (Å²) < 4.78 is -0.490. The number of nitrogens with zero attached hydrogens (tertiary/aromatic N) is 3. The number of nitrogens with one attached hydrogen (secondary N) is 1. The predicted octanol–water partition coefficient (Wildman–Crippen LogP) is 5.00. The van der Waals surface area contributed by atoms with Gasteiger partial charge in [-0.1, -0.05) is 53.0 Å². The highest BCUT2D eigenvalue weighted by Crippen LogP contribution is 2.29. The van der Waals surface area contributed by atoms with E-state index < -0.39 is 9.70 Å². The normalized spacial score (nSPS) is 11.6. The highest BCUT2D eigenvalue weighted by molar-refractivity contribution is 7.12. The number of halogens is 3. The SMILES string of the molecule is O=C(c1cccs1)c1cnn2c(-c3cccc(NC(=O)C(Cl)(Cl)Cl)c3)ccnc12. The summed E-state index contributed by atoms with van der Waals surface area (Å²) in [6.07, 6.45) is 3.10. The number of fused-ring (bicyclic) bond motifs is 1. The maximum atomic E-state index is 12.7. The van der Waals surface area contributed by atoms with Gasteiger partial charge in [-0.2, -0.15) is 5.10 Å². The lowest BCUT2D eigenvalue weighted by Crippen LogP contribution is -2.26. The molecular weight excluding hydrogens is 455 g/mol. The van der Waals surface area contributed by atoms with E-state index in [0.29, 0.717) is 27.5 Å². The average Bonchev–Trinajstić information content (AvgIpc) is 3.37. The summed E-state index contributed by atoms with van der Waals surface area (Å²) in [5.41, 5.74) is 2.72. The molecule has 3 aromatic heterocycles. The van der Waals surface area contributed by atoms with Crippen LogP contribution in [0.3, 0.4) is 0 Å². The number of benzene rings is 1. The first-order valence-electron chi connectivity index (χ1n) is 8.24. The molecule has 0 aliphatic rings. The first-order valence-corrected chi connectivity index (χ1v) is 10.3. The molecule has 1 amide bonds. The Morgan fingerprint density at radius 1 is 1.10 bits per heavy atom. The molecule has 0 spiro atoms. The van der Waals surface area contributed by atoms with Gasteiger partial charge in [-0.15, -0.1) is 11.3 Å². The molecule has 4 rings (SSSR count). The van der Waals surface area contributed by atoms with Crippen molar-refractivity contribution in [1.29, 1.82) is 0 Å². The molecule has 0 saturated carbocycles. The van der Waals surface area contributed by atoms with Crippen molar-refractivity contribution in [2.45, 2.75) is 3.79 Å². The second-order valence-corrected chi connectivity index (χ2v) is 9.19. The molecule has 4 aromatic rings. The smallest absolute Gasteiger partial charge is 0.276 e. The van der Waals surface area contributed by atoms with E-state index in [4.69, 9.17) is 34.8 Å². The quantitative estimate of drug-likeness (QED) is 0.340. The monoisotopic (exact) mass is 464 g/mol. The lowest BCUT2D eigenvalue weighted by molar-refractivity contribution is -0.115. The molecule has 146 valence electrons. The molecule has 0 fully saturated rings. The zero-order chi connectivity index (χ0) is 20.6. The number of rotatable bonds is 4. The number of hydrogen-bond donors (Lipinski definition) is 1. The van der Waals surface area contributed by atoms with Crippen molar-refractivity contribution in [3.05, 3.63) is 70.7 Å². The number of aromatic nitrogens is 3. The van der Waals surface area contributed by atoms with Gasteiger partial charge in [0.05, 0.1) is 22.3 Å². The molecular formula is C19H11Cl3N4O2S. The zero-order valence-corrected chi connectivity index (χ0v) is 17.6. The van der Waals surface area contributed by atoms with Crippen LogP contribution in [0.25, 0.3) is 16.9 Å². The minimum absolute atomic E-state index is 0.136. The van der Waals surface area contributed by atoms with Crippen LogP contribution in [0, 0.1) is 0 Å². The van der Waals surface area contributed by atoms with Crippen LogP contribution in [0.5, 0.6) is 0 Å². The second kappa shape index (κ2) is 7.76. The van der Waals surface area contributed by atoms with Crippen molar-refractivity contribution in [3.8, 4) is 11.3 Å². The topological polar surface area (TPSA) is 76.4 Å². The van der Waals surface area contributed by atoms with Gasteiger partial charge in [-0.05, 0) is 29.6 Å². The summed E-state index contributed by atoms with van der Waals surface area (Å²) in [5.74, 6) is -0.897. The van der Waals surface area contributed by atoms with Crippen molar-refractivity contribution < 1.29 is 9.59 Å². The molecule has 0 atom stereocenters. The highest BCUT2D eigenvalue weighted by atomic mass is 35.6. The molecule has 0 aliphatic carbocycles. The van der Waals surface area contributed by atoms with Crippen LogP contribution in [-0.2, 0) is 4.79 Å². The zero-order valence-electron chi connectivity index (χ0n) is 14.5. The van der Waals surface area contributed by atoms with E-state index in [0.717, 1.165) is 5.56 Å². The van der Waals surface area contributed by atoms with E-state index in [2.05, 4.69) is 15.4 Å². The number of thiophene rings is 1. The van der Waals surface area contributed by atoms with Crippen LogP contribution in [0.15, 0.2) is 60.2 Å². The number of anilines is 1. The molecule has 29 heavy (non-hydrogen) atoms. The van der Waals surface area contributed by atoms with Crippen LogP contribution in [0.2, 0.25) is 0 Å². The van der Waals surface area contributed by atoms with Gasteiger partial charge >= 0.3 is 0 Å². The van der Waals surface area contributed by atoms with Crippen molar-refractivity contribution in [2.24, 2.45) is 0 Å². The Morgan fingerprint density at radius 2 is 1.93 bits per heavy atom. The highest BCUT2D eigenvalue weighted by Gasteiger charge is 2.30. The van der Waals surface area contributed by atoms with Gasteiger partial charge in [0.2, 0.25) is 5.78 Å². The summed E-state index contributed by atoms with van der Waals surface area (Å²) in [6, 6.07) is 12.3. The summed E-state index contributed by atoms with van der Waals surface area (Å²) in [4.78, 5) is 29.6. The molecule has 3 heterocycles. The lowest BCUT2D eigenvalue weighted by Gasteiger charge is -2.12. The van der Waals surface area contributed by atoms with Gasteiger partial charge in [0.1, 0.15) is 0 Å². The molecule has 0 aliphatic heterocycles. The number of hydrogen-bond acceptors (Lipinski definition) is 5. The van der Waals surface area contributed by atoms with E-state index in [1.807, 2.05) is 17.5 Å². The minimum atomic E-state index is -2.07. The Kier molecular flexibility index (Phi) is 5.31. The largest absolute Gasteiger partial charge is 0.322 e. The summed E-state index contributed by atoms with van der Waals surface area (Å²) in [7, 11) is 0. The number of amides is 1. The lowest BCUT2D eigenvalue weighted by atomic mass is 10.1. The minimum Gasteiger partial charge on any atom is -0.322 e. The fourth-order valence-electron chi connectivity index (χ4n) is 2.77. The second-order valence-electron chi connectivity index (χ2n) is 5.96. The molecule has 1 aromatic carbocycles. The number of alkyl halides is 3. The Labute approximate surface area is 184 Å². The van der Waals surface area contributed by atoms with E-state index in [9.17, 15) is 9.59 Å². The Bertz CT molecular complexity index is 1220. The Morgan fingerprint density at radius 3 is 2.66 bits per heavy atom. The number of carbonyl (C=O) groups excluding carboxylic acids is 2. The summed E-state index contributed by atoms with van der Waals surface area (Å²) in [5, 5.41) is 8.73. The third kappa shape index (κ3) is 4.00. The first-order chi connectivity index (χ1) is 13.8. The third-order valence-electron chi connectivity index (χ3n) is 4.06. The standard InChI is InChI=1S/C19H11Cl3N4O2S/c20-19(21,22)18(28)25-12-4-1-3-11(9-12)14-6-7-23-17-13(10-24-26(14)17)16(27)15-5-2-8-29-15/h1-10H,(H,25,28). The van der Waals surface area contributed by atoms with Crippen LogP contribution in [0.1, 0.15) is 15.2 Å². The van der Waals surface area contributed by atoms with Gasteiger partial charge in [0, 0.05) is 17.4 Å². The third-order valence-corrected chi connectivity index (χ3v) is 5.45. The summed E-state index contributed by atoms with van der Waals surface area (Å²) in [6.45, 7) is 0. The first kappa shape index (κ1) is 19.8. The van der Waals surface area contributed by atoms with Gasteiger partial charge < -0.3 is 5.32 Å². The predicted molar refractivity (Wildman–Crippen MR) is 115 cm³/mol. The molecule has 1 N–H and O–H groups in total. The van der Waals surface area contributed by atoms with E-state index in [1.165, 1.54) is 17.5 Å². The van der Waals surface area contributed by atoms with E-state index >= 15 is 0 Å². The van der Waals surface area contributed by atoms with Crippen molar-refractivity contribution in [2.75, 3.05) is 5.32 Å². The Hall–Kier alpha value is -2.45. The van der Waals surface area contributed by atoms with Crippen molar-refractivity contribution in [3.63, 3.8) is 0 Å². The fourth-order valence-corrected chi connectivity index (χ4v) is 3.59. The molecule has 0 bridgehead atoms. The molecule has 10 heteroatoms. The van der Waals surface area contributed by atoms with Crippen LogP contribution < -0.4 is 5.32 Å². The number of carbonyl (C=O) groups is 2. The van der Waals surface area contributed by atoms with Crippen LogP contribution >= 0.6 is 46.1 Å². The van der Waals surface area contributed by atoms with Crippen molar-refractivity contribution in [1.82, 2.24) is 14.6 Å². The average molecular weight is 466 g/mol. The fraction of sp³-hybridized carbons (Fsp3) is 0.0526. The van der Waals surface area contributed by atoms with Gasteiger partial charge in [0.15, 0.2) is 5.65 Å². The van der Waals surface area contributed by atoms with Gasteiger partial charge in [-0.3, -0.25) is 9.59 Å². The van der Waals surface area contributed by atoms with E-state index in [1.54, 1.807) is 41.0 Å². The maximum Gasteiger partial charge on any atom is 0.276 e. The molecule has 0 unspecified atom stereocenters. The Balaban J connectivity index is 1.73. The van der Waals surface area contributed by atoms with Gasteiger partial charge in [-0.25, -0.2) is 9.50 Å². The summed E-state index contributed by atoms with van der Waals surface area (Å²) >= 11 is 18.2. The van der Waals surface area contributed by atoms with Gasteiger partial charge in [0.25, 0.3) is 9.70 Å². The molecule has 0 saturated heterocycles. The maximum absolute atomic E-state index is 12.7. The number of ketones is 1. The van der Waals surface area contributed by atoms with Crippen LogP contribution in [-0.4, -0.2) is 30.1 Å². The van der Waals surface area contributed by atoms with Crippen molar-refractivity contribution >= 4 is 69.2 Å². The van der Waals surface area contributed by atoms with E-state index in [-0.39, 0.29) is 5.78 Å².